The second-order valence-corrected chi connectivity index (χ2v) is 14.1. The molecule has 0 saturated heterocycles. The van der Waals surface area contributed by atoms with E-state index >= 15 is 0 Å². The van der Waals surface area contributed by atoms with Crippen molar-refractivity contribution in [2.75, 3.05) is 14.2 Å². The summed E-state index contributed by atoms with van der Waals surface area (Å²) < 4.78 is 12.4. The summed E-state index contributed by atoms with van der Waals surface area (Å²) in [5, 5.41) is 0. The first-order valence-corrected chi connectivity index (χ1v) is 17.4. The van der Waals surface area contributed by atoms with Gasteiger partial charge in [-0.1, -0.05) is 0 Å². The van der Waals surface area contributed by atoms with Crippen molar-refractivity contribution in [2.45, 2.75) is 53.4 Å². The molecule has 0 radical (unpaired) electrons. The molecule has 0 spiro atoms. The van der Waals surface area contributed by atoms with Crippen molar-refractivity contribution < 1.29 is 19.1 Å². The SMILES string of the molecule is COC(=O)CCC1=C(C)c2cc3nc(cc4cc(C)c(cc5[nH]c(cc1n2)c(CCC(=O)OC)c5C)[nH]4)C(C)=C3[Se]c1ccccc1. The van der Waals surface area contributed by atoms with Gasteiger partial charge in [-0.25, -0.2) is 0 Å². The molecular formula is C38H38N4O4Se. The molecule has 2 N–H and O–H groups in total. The normalized spacial score (nSPS) is 12.9. The van der Waals surface area contributed by atoms with Crippen LogP contribution in [0.3, 0.4) is 0 Å². The second-order valence-electron chi connectivity index (χ2n) is 11.8. The number of H-pyrrole nitrogens is 2. The molecule has 0 amide bonds. The van der Waals surface area contributed by atoms with Crippen LogP contribution in [0.15, 0.2) is 60.7 Å². The number of nitrogens with zero attached hydrogens (tertiary/aromatic N) is 2. The Morgan fingerprint density at radius 1 is 0.702 bits per heavy atom. The molecule has 8 bridgehead atoms. The number of rotatable bonds is 8. The molecule has 0 saturated carbocycles. The van der Waals surface area contributed by atoms with Crippen molar-refractivity contribution in [3.8, 4) is 0 Å². The third kappa shape index (κ3) is 6.73. The fourth-order valence-corrected chi connectivity index (χ4v) is 8.15. The number of nitrogens with one attached hydrogen (secondary N) is 2. The van der Waals surface area contributed by atoms with Crippen LogP contribution >= 0.6 is 0 Å². The van der Waals surface area contributed by atoms with Crippen LogP contribution in [0.2, 0.25) is 0 Å². The van der Waals surface area contributed by atoms with Gasteiger partial charge in [0.1, 0.15) is 0 Å². The van der Waals surface area contributed by atoms with Gasteiger partial charge in [-0.15, -0.1) is 0 Å². The van der Waals surface area contributed by atoms with Gasteiger partial charge < -0.3 is 4.74 Å². The quantitative estimate of drug-likeness (QED) is 0.155. The summed E-state index contributed by atoms with van der Waals surface area (Å²) in [6.45, 7) is 8.37. The van der Waals surface area contributed by atoms with E-state index in [4.69, 9.17) is 19.4 Å². The Morgan fingerprint density at radius 3 is 2.11 bits per heavy atom. The number of aromatic amines is 2. The zero-order chi connectivity index (χ0) is 33.2. The summed E-state index contributed by atoms with van der Waals surface area (Å²) in [5.74, 6) is -0.530. The van der Waals surface area contributed by atoms with Crippen molar-refractivity contribution >= 4 is 74.6 Å². The Morgan fingerprint density at radius 2 is 1.38 bits per heavy atom. The van der Waals surface area contributed by atoms with E-state index in [-0.39, 0.29) is 39.7 Å². The number of fused-ring (bicyclic) bond motifs is 8. The van der Waals surface area contributed by atoms with E-state index in [0.29, 0.717) is 12.8 Å². The van der Waals surface area contributed by atoms with Crippen LogP contribution in [0.5, 0.6) is 0 Å². The minimum atomic E-state index is -0.270. The Labute approximate surface area is 280 Å². The first-order chi connectivity index (χ1) is 22.6. The molecule has 1 aromatic carbocycles. The average molecular weight is 694 g/mol. The van der Waals surface area contributed by atoms with Gasteiger partial charge in [0, 0.05) is 0 Å². The number of aryl methyl sites for hydroxylation is 3. The maximum absolute atomic E-state index is 12.3. The number of hydrogen-bond acceptors (Lipinski definition) is 6. The number of benzene rings is 1. The Balaban J connectivity index is 1.65. The first kappa shape index (κ1) is 32.2. The molecule has 240 valence electrons. The molecular weight excluding hydrogens is 655 g/mol. The fraction of sp³-hybridized carbons (Fsp3) is 0.263. The van der Waals surface area contributed by atoms with Gasteiger partial charge in [-0.2, -0.15) is 0 Å². The van der Waals surface area contributed by atoms with Gasteiger partial charge in [0.25, 0.3) is 0 Å². The number of aromatic nitrogens is 4. The van der Waals surface area contributed by atoms with Crippen molar-refractivity contribution in [1.29, 1.82) is 0 Å². The summed E-state index contributed by atoms with van der Waals surface area (Å²) in [6.07, 6.45) is 1.50. The van der Waals surface area contributed by atoms with Crippen molar-refractivity contribution in [1.82, 2.24) is 19.9 Å². The topological polar surface area (TPSA) is 110 Å². The zero-order valence-corrected chi connectivity index (χ0v) is 29.3. The first-order valence-electron chi connectivity index (χ1n) is 15.6. The average Bonchev–Trinajstić information content (AvgIpc) is 3.74. The molecule has 9 heteroatoms. The summed E-state index contributed by atoms with van der Waals surface area (Å²) in [6, 6.07) is 21.0. The third-order valence-corrected chi connectivity index (χ3v) is 11.4. The molecule has 4 aromatic rings. The summed E-state index contributed by atoms with van der Waals surface area (Å²) >= 11 is 0.0271. The van der Waals surface area contributed by atoms with E-state index < -0.39 is 0 Å². The molecule has 2 aliphatic rings. The molecule has 6 rings (SSSR count). The molecule has 47 heavy (non-hydrogen) atoms. The van der Waals surface area contributed by atoms with Crippen molar-refractivity contribution in [2.24, 2.45) is 0 Å². The van der Waals surface area contributed by atoms with Crippen LogP contribution in [-0.4, -0.2) is 61.1 Å². The van der Waals surface area contributed by atoms with Crippen LogP contribution in [0.4, 0.5) is 0 Å². The van der Waals surface area contributed by atoms with Gasteiger partial charge in [-0.05, 0) is 0 Å². The number of ether oxygens (including phenoxy) is 2. The van der Waals surface area contributed by atoms with E-state index in [1.807, 2.05) is 12.1 Å². The van der Waals surface area contributed by atoms with Crippen LogP contribution in [0.25, 0.3) is 43.3 Å². The van der Waals surface area contributed by atoms with Gasteiger partial charge in [-0.3, -0.25) is 4.79 Å². The summed E-state index contributed by atoms with van der Waals surface area (Å²) in [4.78, 5) is 42.0. The number of hydrogen-bond donors (Lipinski definition) is 2. The van der Waals surface area contributed by atoms with Crippen LogP contribution in [0.1, 0.15) is 72.6 Å². The van der Waals surface area contributed by atoms with Gasteiger partial charge in [0.2, 0.25) is 0 Å². The third-order valence-electron chi connectivity index (χ3n) is 8.82. The van der Waals surface area contributed by atoms with Crippen LogP contribution in [0, 0.1) is 13.8 Å². The minimum absolute atomic E-state index is 0.0271. The standard InChI is InChI=1S/C38H38N4O4Se/c1-21-16-25-17-30-24(4)38(47-26-10-8-7-9-11-26)35(42-30)19-32-23(3)28(13-15-37(44)46-6)34(41-32)20-33-27(12-14-36(43)45-5)22(2)31(40-33)18-29(21)39-25/h7-11,16-20,39-40H,12-15H2,1-6H3. The molecule has 0 unspecified atom stereocenters. The molecule has 8 nitrogen and oxygen atoms in total. The summed E-state index contributed by atoms with van der Waals surface area (Å²) in [7, 11) is 2.82. The number of esters is 2. The van der Waals surface area contributed by atoms with E-state index in [0.717, 1.165) is 78.3 Å². The van der Waals surface area contributed by atoms with Crippen LogP contribution in [-0.2, 0) is 25.5 Å². The fourth-order valence-electron chi connectivity index (χ4n) is 6.06. The molecule has 0 fully saturated rings. The van der Waals surface area contributed by atoms with E-state index in [2.05, 4.69) is 86.2 Å². The molecule has 3 aromatic heterocycles. The Bertz CT molecular complexity index is 2120. The van der Waals surface area contributed by atoms with Gasteiger partial charge >= 0.3 is 265 Å². The Hall–Kier alpha value is -4.72. The van der Waals surface area contributed by atoms with Gasteiger partial charge in [0.15, 0.2) is 0 Å². The predicted molar refractivity (Wildman–Crippen MR) is 189 cm³/mol. The van der Waals surface area contributed by atoms with Crippen LogP contribution < -0.4 is 4.46 Å². The van der Waals surface area contributed by atoms with Gasteiger partial charge in [0.05, 0.1) is 7.11 Å². The van der Waals surface area contributed by atoms with Crippen molar-refractivity contribution in [3.05, 3.63) is 100 Å². The molecule has 5 heterocycles. The van der Waals surface area contributed by atoms with E-state index in [1.165, 1.54) is 23.2 Å². The maximum atomic E-state index is 12.3. The zero-order valence-electron chi connectivity index (χ0n) is 27.5. The number of carbonyl (C=O) groups is 2. The monoisotopic (exact) mass is 694 g/mol. The summed E-state index contributed by atoms with van der Waals surface area (Å²) in [5.41, 5.74) is 13.6. The number of carbonyl (C=O) groups excluding carboxylic acids is 2. The second kappa shape index (κ2) is 13.6. The molecule has 0 atom stereocenters. The number of methoxy groups -OCH3 is 2. The molecule has 2 aliphatic heterocycles. The Kier molecular flexibility index (Phi) is 9.30. The predicted octanol–water partition coefficient (Wildman–Crippen LogP) is 6.84. The van der Waals surface area contributed by atoms with E-state index in [1.54, 1.807) is 0 Å². The van der Waals surface area contributed by atoms with Crippen molar-refractivity contribution in [3.63, 3.8) is 0 Å². The van der Waals surface area contributed by atoms with E-state index in [9.17, 15) is 9.59 Å². The molecule has 0 aliphatic carbocycles. The number of allylic oxidation sites excluding steroid dienone is 3.